The number of nitrogens with one attached hydrogen (secondary N) is 1. The lowest BCUT2D eigenvalue weighted by Gasteiger charge is -2.34. The Morgan fingerprint density at radius 3 is 3.13 bits per heavy atom. The lowest BCUT2D eigenvalue weighted by atomic mass is 10.1. The Morgan fingerprint density at radius 1 is 1.35 bits per heavy atom. The molecule has 1 unspecified atom stereocenters. The molecular formula is C19H27N3O. The highest BCUT2D eigenvalue weighted by Gasteiger charge is 2.20. The number of hydrogen-bond acceptors (Lipinski definition) is 4. The van der Waals surface area contributed by atoms with Crippen LogP contribution in [-0.2, 0) is 11.3 Å². The normalized spacial score (nSPS) is 19.5. The average molecular weight is 313 g/mol. The van der Waals surface area contributed by atoms with Gasteiger partial charge in [0.2, 0.25) is 0 Å². The van der Waals surface area contributed by atoms with Crippen LogP contribution in [0, 0.1) is 5.92 Å². The molecule has 1 saturated heterocycles. The maximum absolute atomic E-state index is 5.81. The predicted octanol–water partition coefficient (Wildman–Crippen LogP) is 2.68. The van der Waals surface area contributed by atoms with Gasteiger partial charge in [-0.3, -0.25) is 9.88 Å². The van der Waals surface area contributed by atoms with E-state index in [0.29, 0.717) is 12.0 Å². The monoisotopic (exact) mass is 313 g/mol. The molecule has 0 spiro atoms. The largest absolute Gasteiger partial charge is 0.380 e. The molecule has 0 bridgehead atoms. The van der Waals surface area contributed by atoms with Gasteiger partial charge in [-0.25, -0.2) is 0 Å². The summed E-state index contributed by atoms with van der Waals surface area (Å²) >= 11 is 0. The standard InChI is InChI=1S/C19H27N3O/c1-15(2)13-23-14-18-12-22(9-8-21-18)11-17-5-3-4-16-10-20-7-6-19(16)17/h3-7,10,15,18,21H,8-9,11-14H2,1-2H3. The van der Waals surface area contributed by atoms with Crippen LogP contribution in [0.4, 0.5) is 0 Å². The van der Waals surface area contributed by atoms with Crippen LogP contribution in [0.2, 0.25) is 0 Å². The molecule has 0 saturated carbocycles. The van der Waals surface area contributed by atoms with Crippen molar-refractivity contribution in [3.05, 3.63) is 42.2 Å². The molecule has 1 aliphatic heterocycles. The van der Waals surface area contributed by atoms with E-state index in [-0.39, 0.29) is 0 Å². The van der Waals surface area contributed by atoms with E-state index in [0.717, 1.165) is 39.4 Å². The Morgan fingerprint density at radius 2 is 2.26 bits per heavy atom. The molecule has 0 aliphatic carbocycles. The van der Waals surface area contributed by atoms with Gasteiger partial charge in [-0.05, 0) is 22.9 Å². The summed E-state index contributed by atoms with van der Waals surface area (Å²) in [4.78, 5) is 6.74. The minimum Gasteiger partial charge on any atom is -0.380 e. The van der Waals surface area contributed by atoms with Crippen molar-refractivity contribution in [2.24, 2.45) is 5.92 Å². The summed E-state index contributed by atoms with van der Waals surface area (Å²) in [5.41, 5.74) is 1.38. The van der Waals surface area contributed by atoms with Gasteiger partial charge in [-0.2, -0.15) is 0 Å². The zero-order chi connectivity index (χ0) is 16.1. The Bertz CT molecular complexity index is 624. The Kier molecular flexibility index (Phi) is 5.60. The van der Waals surface area contributed by atoms with Crippen LogP contribution < -0.4 is 5.32 Å². The topological polar surface area (TPSA) is 37.4 Å². The lowest BCUT2D eigenvalue weighted by Crippen LogP contribution is -2.52. The molecule has 0 amide bonds. The summed E-state index contributed by atoms with van der Waals surface area (Å²) in [6.45, 7) is 10.2. The van der Waals surface area contributed by atoms with Crippen molar-refractivity contribution in [3.8, 4) is 0 Å². The third kappa shape index (κ3) is 4.50. The second-order valence-corrected chi connectivity index (χ2v) is 6.83. The molecule has 2 aromatic rings. The van der Waals surface area contributed by atoms with Crippen LogP contribution in [0.15, 0.2) is 36.7 Å². The number of benzene rings is 1. The van der Waals surface area contributed by atoms with Crippen LogP contribution in [0.1, 0.15) is 19.4 Å². The average Bonchev–Trinajstić information content (AvgIpc) is 2.55. The highest BCUT2D eigenvalue weighted by Crippen LogP contribution is 2.19. The van der Waals surface area contributed by atoms with E-state index in [4.69, 9.17) is 4.74 Å². The number of piperazine rings is 1. The SMILES string of the molecule is CC(C)COCC1CN(Cc2cccc3cnccc23)CCN1. The number of fused-ring (bicyclic) bond motifs is 1. The molecule has 124 valence electrons. The first-order valence-corrected chi connectivity index (χ1v) is 8.57. The van der Waals surface area contributed by atoms with Crippen molar-refractivity contribution < 1.29 is 4.74 Å². The van der Waals surface area contributed by atoms with Crippen molar-refractivity contribution in [1.82, 2.24) is 15.2 Å². The molecule has 3 rings (SSSR count). The number of pyridine rings is 1. The third-order valence-corrected chi connectivity index (χ3v) is 4.27. The number of nitrogens with zero attached hydrogens (tertiary/aromatic N) is 2. The molecule has 1 N–H and O–H groups in total. The molecule has 1 aliphatic rings. The number of aromatic nitrogens is 1. The van der Waals surface area contributed by atoms with Crippen LogP contribution in [0.3, 0.4) is 0 Å². The van der Waals surface area contributed by atoms with Gasteiger partial charge in [-0.15, -0.1) is 0 Å². The van der Waals surface area contributed by atoms with Gasteiger partial charge in [0, 0.05) is 56.6 Å². The zero-order valence-electron chi connectivity index (χ0n) is 14.2. The first-order valence-electron chi connectivity index (χ1n) is 8.57. The summed E-state index contributed by atoms with van der Waals surface area (Å²) < 4.78 is 5.81. The van der Waals surface area contributed by atoms with Gasteiger partial charge in [-0.1, -0.05) is 32.0 Å². The maximum atomic E-state index is 5.81. The smallest absolute Gasteiger partial charge is 0.0632 e. The lowest BCUT2D eigenvalue weighted by molar-refractivity contribution is 0.0653. The van der Waals surface area contributed by atoms with Crippen LogP contribution >= 0.6 is 0 Å². The van der Waals surface area contributed by atoms with Crippen molar-refractivity contribution >= 4 is 10.8 Å². The van der Waals surface area contributed by atoms with E-state index >= 15 is 0 Å². The first kappa shape index (κ1) is 16.4. The second kappa shape index (κ2) is 7.86. The fourth-order valence-electron chi connectivity index (χ4n) is 3.16. The van der Waals surface area contributed by atoms with Gasteiger partial charge in [0.25, 0.3) is 0 Å². The Balaban J connectivity index is 1.60. The van der Waals surface area contributed by atoms with E-state index in [2.05, 4.69) is 53.3 Å². The molecule has 23 heavy (non-hydrogen) atoms. The van der Waals surface area contributed by atoms with E-state index in [9.17, 15) is 0 Å². The van der Waals surface area contributed by atoms with Crippen molar-refractivity contribution in [2.45, 2.75) is 26.4 Å². The van der Waals surface area contributed by atoms with Crippen LogP contribution in [0.25, 0.3) is 10.8 Å². The molecule has 1 fully saturated rings. The zero-order valence-corrected chi connectivity index (χ0v) is 14.2. The van der Waals surface area contributed by atoms with E-state index in [1.54, 1.807) is 0 Å². The Labute approximate surface area is 138 Å². The second-order valence-electron chi connectivity index (χ2n) is 6.83. The van der Waals surface area contributed by atoms with Gasteiger partial charge >= 0.3 is 0 Å². The van der Waals surface area contributed by atoms with Crippen LogP contribution in [0.5, 0.6) is 0 Å². The fraction of sp³-hybridized carbons (Fsp3) is 0.526. The van der Waals surface area contributed by atoms with Gasteiger partial charge < -0.3 is 10.1 Å². The summed E-state index contributed by atoms with van der Waals surface area (Å²) in [7, 11) is 0. The van der Waals surface area contributed by atoms with Crippen molar-refractivity contribution in [1.29, 1.82) is 0 Å². The highest BCUT2D eigenvalue weighted by molar-refractivity contribution is 5.84. The molecular weight excluding hydrogens is 286 g/mol. The molecule has 1 aromatic carbocycles. The van der Waals surface area contributed by atoms with Crippen molar-refractivity contribution in [3.63, 3.8) is 0 Å². The van der Waals surface area contributed by atoms with E-state index in [1.807, 2.05) is 12.4 Å². The molecule has 0 radical (unpaired) electrons. The summed E-state index contributed by atoms with van der Waals surface area (Å²) in [5, 5.41) is 6.10. The van der Waals surface area contributed by atoms with Gasteiger partial charge in [0.1, 0.15) is 0 Å². The van der Waals surface area contributed by atoms with E-state index in [1.165, 1.54) is 16.3 Å². The summed E-state index contributed by atoms with van der Waals surface area (Å²) in [6, 6.07) is 9.04. The van der Waals surface area contributed by atoms with Crippen LogP contribution in [-0.4, -0.2) is 48.8 Å². The Hall–Kier alpha value is -1.49. The van der Waals surface area contributed by atoms with E-state index < -0.39 is 0 Å². The minimum absolute atomic E-state index is 0.430. The van der Waals surface area contributed by atoms with Crippen molar-refractivity contribution in [2.75, 3.05) is 32.8 Å². The molecule has 2 heterocycles. The number of rotatable bonds is 6. The fourth-order valence-corrected chi connectivity index (χ4v) is 3.16. The molecule has 1 aromatic heterocycles. The minimum atomic E-state index is 0.430. The number of hydrogen-bond donors (Lipinski definition) is 1. The third-order valence-electron chi connectivity index (χ3n) is 4.27. The number of ether oxygens (including phenoxy) is 1. The maximum Gasteiger partial charge on any atom is 0.0632 e. The van der Waals surface area contributed by atoms with Gasteiger partial charge in [0.05, 0.1) is 6.61 Å². The summed E-state index contributed by atoms with van der Waals surface area (Å²) in [5.74, 6) is 0.596. The molecule has 1 atom stereocenters. The molecule has 4 heteroatoms. The summed E-state index contributed by atoms with van der Waals surface area (Å²) in [6.07, 6.45) is 3.82. The highest BCUT2D eigenvalue weighted by atomic mass is 16.5. The first-order chi connectivity index (χ1) is 11.2. The predicted molar refractivity (Wildman–Crippen MR) is 94.5 cm³/mol. The quantitative estimate of drug-likeness (QED) is 0.890. The molecule has 4 nitrogen and oxygen atoms in total. The van der Waals surface area contributed by atoms with Gasteiger partial charge in [0.15, 0.2) is 0 Å².